The molecule has 2 unspecified atom stereocenters. The summed E-state index contributed by atoms with van der Waals surface area (Å²) in [6.07, 6.45) is 2.11. The van der Waals surface area contributed by atoms with Crippen molar-refractivity contribution in [3.8, 4) is 22.7 Å². The molecule has 0 radical (unpaired) electrons. The zero-order valence-corrected chi connectivity index (χ0v) is 16.6. The first-order valence-corrected chi connectivity index (χ1v) is 9.74. The minimum absolute atomic E-state index is 0.0378. The van der Waals surface area contributed by atoms with Crippen LogP contribution in [0.5, 0.6) is 0 Å². The number of nitrogens with one attached hydrogen (secondary N) is 2. The molecule has 29 heavy (non-hydrogen) atoms. The van der Waals surface area contributed by atoms with Gasteiger partial charge >= 0.3 is 0 Å². The molecule has 1 aromatic carbocycles. The van der Waals surface area contributed by atoms with Crippen molar-refractivity contribution < 1.29 is 9.32 Å². The number of hydrogen-bond donors (Lipinski definition) is 3. The smallest absolute Gasteiger partial charge is 0.238 e. The largest absolute Gasteiger partial charge is 0.382 e. The average molecular weight is 413 g/mol. The lowest BCUT2D eigenvalue weighted by molar-refractivity contribution is -0.122. The first kappa shape index (κ1) is 19.4. The van der Waals surface area contributed by atoms with E-state index in [0.29, 0.717) is 35.8 Å². The van der Waals surface area contributed by atoms with Crippen LogP contribution in [0, 0.1) is 0 Å². The van der Waals surface area contributed by atoms with E-state index >= 15 is 0 Å². The van der Waals surface area contributed by atoms with E-state index in [1.165, 1.54) is 5.56 Å². The number of rotatable bonds is 5. The van der Waals surface area contributed by atoms with Crippen LogP contribution in [0.1, 0.15) is 23.6 Å². The molecule has 4 N–H and O–H groups in total. The molecule has 0 aliphatic carbocycles. The minimum atomic E-state index is -0.584. The van der Waals surface area contributed by atoms with Crippen LogP contribution in [0.25, 0.3) is 22.7 Å². The molecule has 1 aliphatic heterocycles. The van der Waals surface area contributed by atoms with Gasteiger partial charge in [-0.05, 0) is 19.0 Å². The van der Waals surface area contributed by atoms with Crippen LogP contribution in [0.15, 0.2) is 41.1 Å². The first-order chi connectivity index (χ1) is 14.0. The Morgan fingerprint density at radius 2 is 2.14 bits per heavy atom. The quantitative estimate of drug-likeness (QED) is 0.550. The average Bonchev–Trinajstić information content (AvgIpc) is 3.21. The maximum Gasteiger partial charge on any atom is 0.238 e. The molecule has 0 spiro atoms. The van der Waals surface area contributed by atoms with Crippen LogP contribution in [0.4, 0.5) is 5.82 Å². The summed E-state index contributed by atoms with van der Waals surface area (Å²) in [5.74, 6) is 0.493. The van der Waals surface area contributed by atoms with Crippen LogP contribution < -0.4 is 16.4 Å². The van der Waals surface area contributed by atoms with E-state index in [0.717, 1.165) is 12.1 Å². The third kappa shape index (κ3) is 4.08. The van der Waals surface area contributed by atoms with Gasteiger partial charge in [-0.15, -0.1) is 11.6 Å². The summed E-state index contributed by atoms with van der Waals surface area (Å²) in [6.45, 7) is 1.26. The molecule has 0 bridgehead atoms. The molecule has 1 saturated heterocycles. The van der Waals surface area contributed by atoms with E-state index in [2.05, 4.69) is 25.8 Å². The molecule has 3 heterocycles. The fraction of sp³-hybridized carbons (Fsp3) is 0.300. The normalized spacial score (nSPS) is 19.2. The minimum Gasteiger partial charge on any atom is -0.382 e. The molecule has 2 aromatic heterocycles. The van der Waals surface area contributed by atoms with E-state index in [9.17, 15) is 4.79 Å². The number of alkyl halides is 1. The summed E-state index contributed by atoms with van der Waals surface area (Å²) >= 11 is 6.08. The Bertz CT molecular complexity index is 1020. The lowest BCUT2D eigenvalue weighted by atomic mass is 9.95. The Morgan fingerprint density at radius 1 is 1.34 bits per heavy atom. The number of piperidine rings is 1. The number of hydrogen-bond acceptors (Lipinski definition) is 7. The first-order valence-electron chi connectivity index (χ1n) is 9.30. The number of amides is 1. The number of nitrogen functional groups attached to an aromatic ring is 1. The molecule has 150 valence electrons. The highest BCUT2D eigenvalue weighted by Crippen LogP contribution is 2.31. The fourth-order valence-electron chi connectivity index (χ4n) is 3.31. The second-order valence-corrected chi connectivity index (χ2v) is 7.50. The van der Waals surface area contributed by atoms with Gasteiger partial charge in [0, 0.05) is 30.6 Å². The van der Waals surface area contributed by atoms with Crippen LogP contribution in [0.2, 0.25) is 0 Å². The van der Waals surface area contributed by atoms with Gasteiger partial charge in [-0.1, -0.05) is 29.4 Å². The third-order valence-corrected chi connectivity index (χ3v) is 5.29. The lowest BCUT2D eigenvalue weighted by Gasteiger charge is -2.25. The van der Waals surface area contributed by atoms with Crippen molar-refractivity contribution in [1.29, 1.82) is 0 Å². The highest BCUT2D eigenvalue weighted by atomic mass is 35.5. The van der Waals surface area contributed by atoms with Gasteiger partial charge in [-0.3, -0.25) is 4.79 Å². The van der Waals surface area contributed by atoms with Crippen molar-refractivity contribution in [1.82, 2.24) is 25.8 Å². The highest BCUT2D eigenvalue weighted by molar-refractivity contribution is 6.30. The summed E-state index contributed by atoms with van der Waals surface area (Å²) in [6, 6.07) is 9.85. The lowest BCUT2D eigenvalue weighted by Crippen LogP contribution is -2.41. The molecule has 0 saturated carbocycles. The Labute approximate surface area is 172 Å². The fourth-order valence-corrected chi connectivity index (χ4v) is 3.60. The van der Waals surface area contributed by atoms with Gasteiger partial charge in [0.25, 0.3) is 0 Å². The molecule has 8 nitrogen and oxygen atoms in total. The second kappa shape index (κ2) is 8.18. The summed E-state index contributed by atoms with van der Waals surface area (Å²) < 4.78 is 5.50. The molecule has 4 rings (SSSR count). The van der Waals surface area contributed by atoms with Crippen LogP contribution in [-0.2, 0) is 11.3 Å². The standard InChI is InChI=1S/C20H21ClN6O2/c1-23-8-11-2-4-12(5-3-11)15-7-17(29-27-15)18-19(22)24-10-16(26-18)13-6-14(21)20(28)25-9-13/h2-5,7,10,13-14,23H,6,8-9H2,1H3,(H2,22,24)(H,25,28). The van der Waals surface area contributed by atoms with Gasteiger partial charge in [-0.25, -0.2) is 9.97 Å². The number of nitrogens with zero attached hydrogens (tertiary/aromatic N) is 3. The number of anilines is 1. The third-order valence-electron chi connectivity index (χ3n) is 4.91. The Hall–Kier alpha value is -2.97. The Kier molecular flexibility index (Phi) is 5.46. The monoisotopic (exact) mass is 412 g/mol. The van der Waals surface area contributed by atoms with Crippen LogP contribution >= 0.6 is 11.6 Å². The van der Waals surface area contributed by atoms with Gasteiger partial charge < -0.3 is 20.9 Å². The zero-order valence-electron chi connectivity index (χ0n) is 15.9. The number of aromatic nitrogens is 3. The number of carbonyl (C=O) groups is 1. The topological polar surface area (TPSA) is 119 Å². The number of halogens is 1. The van der Waals surface area contributed by atoms with Crippen molar-refractivity contribution in [3.05, 3.63) is 47.8 Å². The molecule has 3 aromatic rings. The summed E-state index contributed by atoms with van der Waals surface area (Å²) in [7, 11) is 1.91. The van der Waals surface area contributed by atoms with Gasteiger partial charge in [0.05, 0.1) is 11.9 Å². The molecular formula is C20H21ClN6O2. The summed E-state index contributed by atoms with van der Waals surface area (Å²) in [5.41, 5.74) is 9.97. The van der Waals surface area contributed by atoms with Gasteiger partial charge in [-0.2, -0.15) is 0 Å². The van der Waals surface area contributed by atoms with Crippen molar-refractivity contribution >= 4 is 23.3 Å². The van der Waals surface area contributed by atoms with Crippen LogP contribution in [-0.4, -0.2) is 40.0 Å². The maximum absolute atomic E-state index is 11.6. The van der Waals surface area contributed by atoms with E-state index in [4.69, 9.17) is 21.9 Å². The van der Waals surface area contributed by atoms with E-state index in [1.54, 1.807) is 12.3 Å². The van der Waals surface area contributed by atoms with Gasteiger partial charge in [0.2, 0.25) is 5.91 Å². The van der Waals surface area contributed by atoms with E-state index in [-0.39, 0.29) is 17.6 Å². The molecule has 2 atom stereocenters. The van der Waals surface area contributed by atoms with Crippen molar-refractivity contribution in [2.24, 2.45) is 0 Å². The highest BCUT2D eigenvalue weighted by Gasteiger charge is 2.29. The Morgan fingerprint density at radius 3 is 2.86 bits per heavy atom. The number of nitrogens with two attached hydrogens (primary N) is 1. The van der Waals surface area contributed by atoms with Crippen molar-refractivity contribution in [2.75, 3.05) is 19.3 Å². The zero-order chi connectivity index (χ0) is 20.4. The maximum atomic E-state index is 11.6. The van der Waals surface area contributed by atoms with E-state index < -0.39 is 5.38 Å². The molecule has 1 aliphatic rings. The predicted octanol–water partition coefficient (Wildman–Crippen LogP) is 2.31. The van der Waals surface area contributed by atoms with Gasteiger partial charge in [0.1, 0.15) is 11.1 Å². The second-order valence-electron chi connectivity index (χ2n) is 6.98. The van der Waals surface area contributed by atoms with Crippen molar-refractivity contribution in [3.63, 3.8) is 0 Å². The summed E-state index contributed by atoms with van der Waals surface area (Å²) in [4.78, 5) is 20.5. The van der Waals surface area contributed by atoms with E-state index in [1.807, 2.05) is 31.3 Å². The molecule has 1 fully saturated rings. The van der Waals surface area contributed by atoms with Crippen molar-refractivity contribution in [2.45, 2.75) is 24.3 Å². The number of benzene rings is 1. The molecular weight excluding hydrogens is 392 g/mol. The Balaban J connectivity index is 1.59. The van der Waals surface area contributed by atoms with Gasteiger partial charge in [0.15, 0.2) is 17.3 Å². The SMILES string of the molecule is CNCc1ccc(-c2cc(-c3nc(C4CNC(=O)C(Cl)C4)cnc3N)on2)cc1. The number of carbonyl (C=O) groups excluding carboxylic acids is 1. The molecule has 1 amide bonds. The molecule has 9 heteroatoms. The van der Waals surface area contributed by atoms with Crippen LogP contribution in [0.3, 0.4) is 0 Å². The predicted molar refractivity (Wildman–Crippen MR) is 110 cm³/mol. The summed E-state index contributed by atoms with van der Waals surface area (Å²) in [5, 5.41) is 9.47.